The summed E-state index contributed by atoms with van der Waals surface area (Å²) in [6, 6.07) is 0. The van der Waals surface area contributed by atoms with Gasteiger partial charge in [-0.05, 0) is 26.9 Å². The molecule has 1 aliphatic rings. The van der Waals surface area contributed by atoms with Gasteiger partial charge in [-0.25, -0.2) is 4.98 Å². The van der Waals surface area contributed by atoms with Crippen LogP contribution in [0.2, 0.25) is 0 Å². The maximum absolute atomic E-state index is 12.4. The molecule has 9 heteroatoms. The van der Waals surface area contributed by atoms with E-state index < -0.39 is 0 Å². The van der Waals surface area contributed by atoms with E-state index in [-0.39, 0.29) is 5.91 Å². The van der Waals surface area contributed by atoms with E-state index in [9.17, 15) is 4.79 Å². The number of aromatic nitrogens is 6. The molecule has 0 radical (unpaired) electrons. The quantitative estimate of drug-likeness (QED) is 0.746. The summed E-state index contributed by atoms with van der Waals surface area (Å²) >= 11 is 0. The Labute approximate surface area is 147 Å². The summed E-state index contributed by atoms with van der Waals surface area (Å²) in [5.41, 5.74) is 0. The highest BCUT2D eigenvalue weighted by Crippen LogP contribution is 2.27. The second-order valence-electron chi connectivity index (χ2n) is 6.83. The van der Waals surface area contributed by atoms with Gasteiger partial charge in [0.05, 0.1) is 13.1 Å². The van der Waals surface area contributed by atoms with Crippen LogP contribution in [0.3, 0.4) is 0 Å². The van der Waals surface area contributed by atoms with Crippen molar-refractivity contribution < 1.29 is 4.79 Å². The van der Waals surface area contributed by atoms with E-state index in [1.165, 1.54) is 6.33 Å². The Morgan fingerprint density at radius 1 is 1.28 bits per heavy atom. The molecule has 2 aromatic heterocycles. The predicted molar refractivity (Wildman–Crippen MR) is 91.6 cm³/mol. The van der Waals surface area contributed by atoms with Gasteiger partial charge >= 0.3 is 0 Å². The second-order valence-corrected chi connectivity index (χ2v) is 6.83. The molecule has 0 spiro atoms. The first-order valence-electron chi connectivity index (χ1n) is 8.67. The Hall–Kier alpha value is -2.29. The molecule has 1 amide bonds. The third kappa shape index (κ3) is 4.22. The summed E-state index contributed by atoms with van der Waals surface area (Å²) in [6.45, 7) is 2.91. The Morgan fingerprint density at radius 3 is 2.68 bits per heavy atom. The van der Waals surface area contributed by atoms with Crippen molar-refractivity contribution >= 4 is 5.91 Å². The fourth-order valence-electron chi connectivity index (χ4n) is 3.25. The van der Waals surface area contributed by atoms with Crippen LogP contribution in [0.15, 0.2) is 12.7 Å². The van der Waals surface area contributed by atoms with Gasteiger partial charge in [0.15, 0.2) is 0 Å². The molecule has 1 aliphatic heterocycles. The largest absolute Gasteiger partial charge is 0.343 e. The first kappa shape index (κ1) is 17.5. The number of carbonyl (C=O) groups is 1. The van der Waals surface area contributed by atoms with Crippen LogP contribution in [0.5, 0.6) is 0 Å². The molecule has 3 rings (SSSR count). The number of nitrogens with zero attached hydrogens (tertiary/aromatic N) is 8. The lowest BCUT2D eigenvalue weighted by Crippen LogP contribution is -2.38. The predicted octanol–water partition coefficient (Wildman–Crippen LogP) is 0.265. The number of hydrogen-bond acceptors (Lipinski definition) is 6. The minimum atomic E-state index is 0.181. The smallest absolute Gasteiger partial charge is 0.224 e. The molecule has 3 heterocycles. The Kier molecular flexibility index (Phi) is 5.42. The lowest BCUT2D eigenvalue weighted by Gasteiger charge is -2.31. The number of piperidine rings is 1. The lowest BCUT2D eigenvalue weighted by molar-refractivity contribution is -0.132. The van der Waals surface area contributed by atoms with Gasteiger partial charge in [0, 0.05) is 32.5 Å². The first-order valence-corrected chi connectivity index (χ1v) is 8.67. The second kappa shape index (κ2) is 7.73. The highest BCUT2D eigenvalue weighted by atomic mass is 16.2. The summed E-state index contributed by atoms with van der Waals surface area (Å²) in [6.07, 6.45) is 5.46. The lowest BCUT2D eigenvalue weighted by atomic mass is 9.95. The molecule has 0 N–H and O–H groups in total. The van der Waals surface area contributed by atoms with E-state index in [4.69, 9.17) is 0 Å². The molecule has 1 saturated heterocycles. The van der Waals surface area contributed by atoms with Crippen LogP contribution >= 0.6 is 0 Å². The maximum Gasteiger partial charge on any atom is 0.224 e. The normalized spacial score (nSPS) is 15.9. The van der Waals surface area contributed by atoms with Crippen LogP contribution in [-0.2, 0) is 24.9 Å². The van der Waals surface area contributed by atoms with E-state index in [1.807, 2.05) is 26.0 Å². The number of rotatable bonds is 6. The van der Waals surface area contributed by atoms with Crippen LogP contribution in [0, 0.1) is 0 Å². The minimum absolute atomic E-state index is 0.181. The fraction of sp³-hybridized carbons (Fsp3) is 0.688. The molecule has 0 unspecified atom stereocenters. The van der Waals surface area contributed by atoms with Gasteiger partial charge in [0.2, 0.25) is 5.91 Å². The molecule has 0 saturated carbocycles. The summed E-state index contributed by atoms with van der Waals surface area (Å²) in [5.74, 6) is 2.56. The number of carbonyl (C=O) groups excluding carboxylic acids is 1. The summed E-state index contributed by atoms with van der Waals surface area (Å²) < 4.78 is 3.79. The number of aryl methyl sites for hydroxylation is 1. The molecule has 0 aliphatic carbocycles. The van der Waals surface area contributed by atoms with Crippen molar-refractivity contribution in [3.8, 4) is 0 Å². The van der Waals surface area contributed by atoms with Crippen LogP contribution in [0.25, 0.3) is 0 Å². The van der Waals surface area contributed by atoms with Crippen molar-refractivity contribution in [1.82, 2.24) is 39.3 Å². The van der Waals surface area contributed by atoms with Crippen molar-refractivity contribution in [2.24, 2.45) is 7.05 Å². The van der Waals surface area contributed by atoms with Crippen molar-refractivity contribution in [3.63, 3.8) is 0 Å². The molecule has 1 fully saturated rings. The van der Waals surface area contributed by atoms with Gasteiger partial charge in [-0.2, -0.15) is 5.10 Å². The molecular formula is C16H26N8O. The molecular weight excluding hydrogens is 320 g/mol. The monoisotopic (exact) mass is 346 g/mol. The minimum Gasteiger partial charge on any atom is -0.343 e. The van der Waals surface area contributed by atoms with E-state index >= 15 is 0 Å². The molecule has 25 heavy (non-hydrogen) atoms. The summed E-state index contributed by atoms with van der Waals surface area (Å²) in [5, 5.41) is 12.7. The Balaban J connectivity index is 1.51. The molecule has 2 aromatic rings. The Bertz CT molecular complexity index is 685. The number of likely N-dealkylation sites (tertiary alicyclic amines) is 1. The first-order chi connectivity index (χ1) is 12.0. The highest BCUT2D eigenvalue weighted by molar-refractivity contribution is 5.76. The van der Waals surface area contributed by atoms with Crippen LogP contribution in [-0.4, -0.2) is 72.4 Å². The van der Waals surface area contributed by atoms with Gasteiger partial charge in [-0.3, -0.25) is 9.48 Å². The van der Waals surface area contributed by atoms with Gasteiger partial charge in [0.1, 0.15) is 24.3 Å². The topological polar surface area (TPSA) is 85.0 Å². The van der Waals surface area contributed by atoms with Crippen LogP contribution in [0.4, 0.5) is 0 Å². The van der Waals surface area contributed by atoms with Crippen molar-refractivity contribution in [2.45, 2.75) is 38.3 Å². The van der Waals surface area contributed by atoms with Crippen LogP contribution in [0.1, 0.15) is 36.8 Å². The zero-order valence-electron chi connectivity index (χ0n) is 15.2. The zero-order chi connectivity index (χ0) is 17.8. The van der Waals surface area contributed by atoms with Gasteiger partial charge < -0.3 is 14.4 Å². The molecule has 0 aromatic carbocycles. The highest BCUT2D eigenvalue weighted by Gasteiger charge is 2.27. The Morgan fingerprint density at radius 2 is 2.04 bits per heavy atom. The van der Waals surface area contributed by atoms with Crippen LogP contribution < -0.4 is 0 Å². The van der Waals surface area contributed by atoms with Crippen molar-refractivity contribution in [2.75, 3.05) is 27.2 Å². The summed E-state index contributed by atoms with van der Waals surface area (Å²) in [7, 11) is 6.08. The van der Waals surface area contributed by atoms with E-state index in [2.05, 4.69) is 29.7 Å². The number of amides is 1. The van der Waals surface area contributed by atoms with Gasteiger partial charge in [-0.1, -0.05) is 0 Å². The molecule has 0 atom stereocenters. The molecule has 9 nitrogen and oxygen atoms in total. The maximum atomic E-state index is 12.4. The van der Waals surface area contributed by atoms with E-state index in [0.717, 1.165) is 44.1 Å². The fourth-order valence-corrected chi connectivity index (χ4v) is 3.25. The number of hydrogen-bond donors (Lipinski definition) is 0. The zero-order valence-corrected chi connectivity index (χ0v) is 15.2. The van der Waals surface area contributed by atoms with E-state index in [0.29, 0.717) is 18.9 Å². The summed E-state index contributed by atoms with van der Waals surface area (Å²) in [4.78, 5) is 20.3. The standard InChI is InChI=1S/C16H26N8O/c1-21(2)10-14-19-20-16(22(14)3)13-4-7-23(8-5-13)15(25)6-9-24-12-17-11-18-24/h11-13H,4-10H2,1-3H3. The van der Waals surface area contributed by atoms with Crippen molar-refractivity contribution in [3.05, 3.63) is 24.3 Å². The molecule has 136 valence electrons. The molecule has 0 bridgehead atoms. The van der Waals surface area contributed by atoms with E-state index in [1.54, 1.807) is 11.0 Å². The average molecular weight is 346 g/mol. The third-order valence-corrected chi connectivity index (χ3v) is 4.69. The third-order valence-electron chi connectivity index (χ3n) is 4.69. The average Bonchev–Trinajstić information content (AvgIpc) is 3.23. The van der Waals surface area contributed by atoms with Gasteiger partial charge in [-0.15, -0.1) is 10.2 Å². The SMILES string of the molecule is CN(C)Cc1nnc(C2CCN(C(=O)CCn3cncn3)CC2)n1C. The van der Waals surface area contributed by atoms with Crippen molar-refractivity contribution in [1.29, 1.82) is 0 Å². The van der Waals surface area contributed by atoms with Gasteiger partial charge in [0.25, 0.3) is 0 Å².